The van der Waals surface area contributed by atoms with Gasteiger partial charge in [-0.05, 0) is 31.5 Å². The van der Waals surface area contributed by atoms with E-state index in [0.717, 1.165) is 22.2 Å². The highest BCUT2D eigenvalue weighted by Gasteiger charge is 2.13. The smallest absolute Gasteiger partial charge is 0.0708 e. The Labute approximate surface area is 107 Å². The number of aryl methyl sites for hydroxylation is 1. The van der Waals surface area contributed by atoms with Gasteiger partial charge in [-0.2, -0.15) is 0 Å². The molecule has 3 nitrogen and oxygen atoms in total. The molecule has 1 unspecified atom stereocenters. The van der Waals surface area contributed by atoms with Gasteiger partial charge in [0.25, 0.3) is 0 Å². The number of fused-ring (bicyclic) bond motifs is 1. The van der Waals surface area contributed by atoms with Gasteiger partial charge in [0.05, 0.1) is 11.6 Å². The molecule has 0 saturated heterocycles. The first-order valence-corrected chi connectivity index (χ1v) is 5.98. The molecule has 0 aliphatic heterocycles. The third-order valence-corrected chi connectivity index (χ3v) is 2.94. The topological polar surface area (TPSA) is 50.9 Å². The summed E-state index contributed by atoms with van der Waals surface area (Å²) < 4.78 is 0. The van der Waals surface area contributed by atoms with Crippen LogP contribution in [-0.2, 0) is 0 Å². The van der Waals surface area contributed by atoms with Crippen molar-refractivity contribution >= 4 is 10.9 Å². The third-order valence-electron chi connectivity index (χ3n) is 2.94. The number of hydrazine groups is 1. The van der Waals surface area contributed by atoms with Gasteiger partial charge in [-0.1, -0.05) is 18.2 Å². The molecule has 0 saturated carbocycles. The van der Waals surface area contributed by atoms with Crippen molar-refractivity contribution in [3.05, 3.63) is 41.6 Å². The quantitative estimate of drug-likeness (QED) is 0.491. The maximum Gasteiger partial charge on any atom is 0.0708 e. The lowest BCUT2D eigenvalue weighted by Crippen LogP contribution is -2.28. The van der Waals surface area contributed by atoms with Crippen LogP contribution in [0.1, 0.15) is 30.6 Å². The Bertz CT molecular complexity index is 608. The van der Waals surface area contributed by atoms with E-state index in [2.05, 4.69) is 34.4 Å². The first kappa shape index (κ1) is 12.6. The second-order valence-electron chi connectivity index (χ2n) is 4.22. The number of nitrogens with two attached hydrogens (primary N) is 1. The fourth-order valence-corrected chi connectivity index (χ4v) is 2.09. The van der Waals surface area contributed by atoms with E-state index in [1.165, 1.54) is 0 Å². The zero-order valence-corrected chi connectivity index (χ0v) is 10.7. The van der Waals surface area contributed by atoms with Crippen LogP contribution in [0.4, 0.5) is 0 Å². The Morgan fingerprint density at radius 1 is 1.39 bits per heavy atom. The molecule has 1 aromatic carbocycles. The molecule has 0 aliphatic carbocycles. The van der Waals surface area contributed by atoms with Gasteiger partial charge in [-0.25, -0.2) is 0 Å². The van der Waals surface area contributed by atoms with E-state index in [4.69, 9.17) is 5.84 Å². The van der Waals surface area contributed by atoms with Gasteiger partial charge in [-0.3, -0.25) is 16.3 Å². The second-order valence-corrected chi connectivity index (χ2v) is 4.22. The summed E-state index contributed by atoms with van der Waals surface area (Å²) in [5, 5.41) is 1.13. The molecular weight excluding hydrogens is 222 g/mol. The zero-order chi connectivity index (χ0) is 13.0. The highest BCUT2D eigenvalue weighted by atomic mass is 15.2. The average Bonchev–Trinajstić information content (AvgIpc) is 2.39. The fraction of sp³-hybridized carbons (Fsp3) is 0.267. The minimum absolute atomic E-state index is 0.0315. The normalized spacial score (nSPS) is 11.9. The summed E-state index contributed by atoms with van der Waals surface area (Å²) in [6, 6.07) is 10.2. The molecule has 2 aromatic rings. The number of nitrogens with zero attached hydrogens (tertiary/aromatic N) is 1. The predicted octanol–water partition coefficient (Wildman–Crippen LogP) is 2.46. The molecule has 1 atom stereocenters. The van der Waals surface area contributed by atoms with Crippen LogP contribution in [0, 0.1) is 18.8 Å². The number of nitrogens with one attached hydrogen (secondary N) is 1. The molecule has 18 heavy (non-hydrogen) atoms. The van der Waals surface area contributed by atoms with Crippen molar-refractivity contribution < 1.29 is 0 Å². The molecule has 0 spiro atoms. The van der Waals surface area contributed by atoms with Gasteiger partial charge in [0.2, 0.25) is 0 Å². The Kier molecular flexibility index (Phi) is 3.93. The monoisotopic (exact) mass is 239 g/mol. The molecule has 0 radical (unpaired) electrons. The van der Waals surface area contributed by atoms with Crippen molar-refractivity contribution in [3.63, 3.8) is 0 Å². The molecule has 3 N–H and O–H groups in total. The molecular formula is C15H17N3. The van der Waals surface area contributed by atoms with E-state index in [0.29, 0.717) is 6.42 Å². The minimum atomic E-state index is 0.0315. The standard InChI is InChI=1S/C15H17N3/c1-3-4-8-15(18-16)13-10-11(2)17-14-9-6-5-7-12(13)14/h5-7,9-10,15,18H,8,16H2,1-2H3. The molecule has 3 heteroatoms. The molecule has 0 aliphatic rings. The van der Waals surface area contributed by atoms with E-state index >= 15 is 0 Å². The summed E-state index contributed by atoms with van der Waals surface area (Å²) in [7, 11) is 0. The van der Waals surface area contributed by atoms with Gasteiger partial charge in [0.1, 0.15) is 0 Å². The lowest BCUT2D eigenvalue weighted by atomic mass is 9.99. The third kappa shape index (κ3) is 2.51. The van der Waals surface area contributed by atoms with Crippen LogP contribution in [0.2, 0.25) is 0 Å². The Hall–Kier alpha value is -1.89. The SMILES string of the molecule is CC#CCC(NN)c1cc(C)nc2ccccc12. The Morgan fingerprint density at radius 3 is 2.89 bits per heavy atom. The molecule has 1 heterocycles. The minimum Gasteiger partial charge on any atom is -0.271 e. The predicted molar refractivity (Wildman–Crippen MR) is 74.6 cm³/mol. The summed E-state index contributed by atoms with van der Waals surface area (Å²) >= 11 is 0. The second kappa shape index (κ2) is 5.63. The molecule has 0 fully saturated rings. The lowest BCUT2D eigenvalue weighted by molar-refractivity contribution is 0.571. The molecule has 1 aromatic heterocycles. The summed E-state index contributed by atoms with van der Waals surface area (Å²) in [6.45, 7) is 3.83. The number of pyridine rings is 1. The molecule has 2 rings (SSSR count). The molecule has 0 amide bonds. The van der Waals surface area contributed by atoms with Crippen molar-refractivity contribution in [2.45, 2.75) is 26.3 Å². The summed E-state index contributed by atoms with van der Waals surface area (Å²) in [5.74, 6) is 11.6. The van der Waals surface area contributed by atoms with Crippen molar-refractivity contribution in [1.29, 1.82) is 0 Å². The highest BCUT2D eigenvalue weighted by Crippen LogP contribution is 2.25. The van der Waals surface area contributed by atoms with Crippen molar-refractivity contribution in [2.24, 2.45) is 5.84 Å². The van der Waals surface area contributed by atoms with Crippen LogP contribution in [0.5, 0.6) is 0 Å². The van der Waals surface area contributed by atoms with E-state index in [9.17, 15) is 0 Å². The van der Waals surface area contributed by atoms with Crippen molar-refractivity contribution in [2.75, 3.05) is 0 Å². The van der Waals surface area contributed by atoms with Crippen LogP contribution in [0.3, 0.4) is 0 Å². The lowest BCUT2D eigenvalue weighted by Gasteiger charge is -2.16. The van der Waals surface area contributed by atoms with Crippen LogP contribution in [-0.4, -0.2) is 4.98 Å². The number of hydrogen-bond acceptors (Lipinski definition) is 3. The largest absolute Gasteiger partial charge is 0.271 e. The van der Waals surface area contributed by atoms with Crippen molar-refractivity contribution in [3.8, 4) is 11.8 Å². The Balaban J connectivity index is 2.56. The Morgan fingerprint density at radius 2 is 2.17 bits per heavy atom. The van der Waals surface area contributed by atoms with Crippen LogP contribution < -0.4 is 11.3 Å². The van der Waals surface area contributed by atoms with Crippen molar-refractivity contribution in [1.82, 2.24) is 10.4 Å². The number of hydrogen-bond donors (Lipinski definition) is 2. The van der Waals surface area contributed by atoms with E-state index in [1.54, 1.807) is 0 Å². The van der Waals surface area contributed by atoms with Gasteiger partial charge in [0.15, 0.2) is 0 Å². The number of para-hydroxylation sites is 1. The average molecular weight is 239 g/mol. The van der Waals surface area contributed by atoms with Gasteiger partial charge >= 0.3 is 0 Å². The number of benzene rings is 1. The number of rotatable bonds is 3. The van der Waals surface area contributed by atoms with Crippen LogP contribution in [0.15, 0.2) is 30.3 Å². The van der Waals surface area contributed by atoms with Gasteiger partial charge < -0.3 is 0 Å². The molecule has 0 bridgehead atoms. The van der Waals surface area contributed by atoms with Crippen LogP contribution in [0.25, 0.3) is 10.9 Å². The maximum absolute atomic E-state index is 5.65. The van der Waals surface area contributed by atoms with E-state index < -0.39 is 0 Å². The number of aromatic nitrogens is 1. The zero-order valence-electron chi connectivity index (χ0n) is 10.7. The first-order chi connectivity index (χ1) is 8.76. The summed E-state index contributed by atoms with van der Waals surface area (Å²) in [5.41, 5.74) is 5.99. The van der Waals surface area contributed by atoms with Crippen LogP contribution >= 0.6 is 0 Å². The first-order valence-electron chi connectivity index (χ1n) is 5.98. The van der Waals surface area contributed by atoms with Gasteiger partial charge in [0, 0.05) is 17.5 Å². The van der Waals surface area contributed by atoms with Gasteiger partial charge in [-0.15, -0.1) is 11.8 Å². The summed E-state index contributed by atoms with van der Waals surface area (Å²) in [4.78, 5) is 4.53. The van der Waals surface area contributed by atoms with E-state index in [1.807, 2.05) is 32.0 Å². The highest BCUT2D eigenvalue weighted by molar-refractivity contribution is 5.82. The summed E-state index contributed by atoms with van der Waals surface area (Å²) in [6.07, 6.45) is 0.695. The molecule has 92 valence electrons. The fourth-order valence-electron chi connectivity index (χ4n) is 2.09. The maximum atomic E-state index is 5.65. The van der Waals surface area contributed by atoms with E-state index in [-0.39, 0.29) is 6.04 Å².